The second-order valence-corrected chi connectivity index (χ2v) is 4.63. The van der Waals surface area contributed by atoms with Crippen molar-refractivity contribution in [3.8, 4) is 17.3 Å². The van der Waals surface area contributed by atoms with Gasteiger partial charge in [-0.15, -0.1) is 10.2 Å². The van der Waals surface area contributed by atoms with Crippen molar-refractivity contribution in [3.05, 3.63) is 48.7 Å². The molecule has 0 aliphatic rings. The SMILES string of the molecule is COc1cccc(NC(=O)NCc2nnc(-c3cnccn3)o2)c1. The molecule has 24 heavy (non-hydrogen) atoms. The van der Waals surface area contributed by atoms with Crippen LogP contribution in [-0.4, -0.2) is 33.3 Å². The Bertz CT molecular complexity index is 821. The second kappa shape index (κ2) is 7.18. The summed E-state index contributed by atoms with van der Waals surface area (Å²) in [5.41, 5.74) is 1.08. The van der Waals surface area contributed by atoms with Gasteiger partial charge in [0.15, 0.2) is 0 Å². The van der Waals surface area contributed by atoms with Gasteiger partial charge in [0.2, 0.25) is 5.89 Å². The van der Waals surface area contributed by atoms with Gasteiger partial charge in [-0.1, -0.05) is 6.07 Å². The minimum atomic E-state index is -0.400. The second-order valence-electron chi connectivity index (χ2n) is 4.63. The Morgan fingerprint density at radius 2 is 2.21 bits per heavy atom. The highest BCUT2D eigenvalue weighted by Gasteiger charge is 2.11. The molecular formula is C15H14N6O3. The van der Waals surface area contributed by atoms with E-state index in [9.17, 15) is 4.79 Å². The Morgan fingerprint density at radius 3 is 3.00 bits per heavy atom. The largest absolute Gasteiger partial charge is 0.497 e. The highest BCUT2D eigenvalue weighted by Crippen LogP contribution is 2.16. The zero-order valence-corrected chi connectivity index (χ0v) is 12.8. The zero-order chi connectivity index (χ0) is 16.8. The van der Waals surface area contributed by atoms with Gasteiger partial charge in [-0.05, 0) is 12.1 Å². The number of carbonyl (C=O) groups excluding carboxylic acids is 1. The van der Waals surface area contributed by atoms with Crippen LogP contribution < -0.4 is 15.4 Å². The lowest BCUT2D eigenvalue weighted by Gasteiger charge is -2.07. The van der Waals surface area contributed by atoms with Crippen molar-refractivity contribution < 1.29 is 13.9 Å². The fourth-order valence-electron chi connectivity index (χ4n) is 1.87. The lowest BCUT2D eigenvalue weighted by molar-refractivity contribution is 0.250. The Hall–Kier alpha value is -3.49. The molecule has 0 saturated heterocycles. The maximum Gasteiger partial charge on any atom is 0.319 e. The third kappa shape index (κ3) is 3.83. The highest BCUT2D eigenvalue weighted by atomic mass is 16.5. The van der Waals surface area contributed by atoms with E-state index < -0.39 is 6.03 Å². The quantitative estimate of drug-likeness (QED) is 0.735. The molecule has 0 fully saturated rings. The molecule has 0 atom stereocenters. The predicted octanol–water partition coefficient (Wildman–Crippen LogP) is 1.86. The molecule has 0 unspecified atom stereocenters. The molecular weight excluding hydrogens is 312 g/mol. The van der Waals surface area contributed by atoms with Crippen LogP contribution in [0.4, 0.5) is 10.5 Å². The first-order chi connectivity index (χ1) is 11.7. The van der Waals surface area contributed by atoms with Crippen LogP contribution >= 0.6 is 0 Å². The fourth-order valence-corrected chi connectivity index (χ4v) is 1.87. The van der Waals surface area contributed by atoms with Crippen molar-refractivity contribution in [1.29, 1.82) is 0 Å². The number of aromatic nitrogens is 4. The Morgan fingerprint density at radius 1 is 1.29 bits per heavy atom. The molecule has 9 heteroatoms. The van der Waals surface area contributed by atoms with Crippen molar-refractivity contribution in [3.63, 3.8) is 0 Å². The number of methoxy groups -OCH3 is 1. The molecule has 0 aliphatic carbocycles. The minimum absolute atomic E-state index is 0.0864. The van der Waals surface area contributed by atoms with E-state index in [1.165, 1.54) is 12.4 Å². The van der Waals surface area contributed by atoms with Crippen LogP contribution in [0.25, 0.3) is 11.6 Å². The number of nitrogens with zero attached hydrogens (tertiary/aromatic N) is 4. The van der Waals surface area contributed by atoms with Crippen molar-refractivity contribution in [2.24, 2.45) is 0 Å². The lowest BCUT2D eigenvalue weighted by Crippen LogP contribution is -2.28. The van der Waals surface area contributed by atoms with E-state index in [4.69, 9.17) is 9.15 Å². The molecule has 9 nitrogen and oxygen atoms in total. The highest BCUT2D eigenvalue weighted by molar-refractivity contribution is 5.89. The number of amides is 2. The maximum atomic E-state index is 11.9. The van der Waals surface area contributed by atoms with Gasteiger partial charge in [0, 0.05) is 24.1 Å². The summed E-state index contributed by atoms with van der Waals surface area (Å²) < 4.78 is 10.5. The van der Waals surface area contributed by atoms with E-state index in [0.29, 0.717) is 17.1 Å². The summed E-state index contributed by atoms with van der Waals surface area (Å²) in [6.45, 7) is 0.0864. The Balaban J connectivity index is 1.56. The van der Waals surface area contributed by atoms with Crippen LogP contribution in [-0.2, 0) is 6.54 Å². The summed E-state index contributed by atoms with van der Waals surface area (Å²) in [5.74, 6) is 1.16. The van der Waals surface area contributed by atoms with Crippen molar-refractivity contribution in [2.75, 3.05) is 12.4 Å². The normalized spacial score (nSPS) is 10.2. The fraction of sp³-hybridized carbons (Fsp3) is 0.133. The van der Waals surface area contributed by atoms with Crippen LogP contribution in [0.2, 0.25) is 0 Å². The molecule has 2 aromatic heterocycles. The Kier molecular flexibility index (Phi) is 4.61. The molecule has 0 radical (unpaired) electrons. The number of nitrogens with one attached hydrogen (secondary N) is 2. The summed E-state index contributed by atoms with van der Waals surface area (Å²) in [7, 11) is 1.56. The van der Waals surface area contributed by atoms with E-state index in [2.05, 4.69) is 30.8 Å². The molecule has 0 spiro atoms. The number of anilines is 1. The summed E-state index contributed by atoms with van der Waals surface area (Å²) in [4.78, 5) is 19.9. The van der Waals surface area contributed by atoms with Gasteiger partial charge in [-0.3, -0.25) is 4.98 Å². The third-order valence-corrected chi connectivity index (χ3v) is 2.98. The van der Waals surface area contributed by atoms with Crippen LogP contribution in [0.5, 0.6) is 5.75 Å². The van der Waals surface area contributed by atoms with Gasteiger partial charge in [0.05, 0.1) is 19.9 Å². The van der Waals surface area contributed by atoms with E-state index >= 15 is 0 Å². The average Bonchev–Trinajstić information content (AvgIpc) is 3.10. The zero-order valence-electron chi connectivity index (χ0n) is 12.8. The number of hydrogen-bond donors (Lipinski definition) is 2. The van der Waals surface area contributed by atoms with Crippen LogP contribution in [0.15, 0.2) is 47.3 Å². The molecule has 1 aromatic carbocycles. The topological polar surface area (TPSA) is 115 Å². The number of benzene rings is 1. The molecule has 2 amide bonds. The maximum absolute atomic E-state index is 11.9. The van der Waals surface area contributed by atoms with Crippen LogP contribution in [0, 0.1) is 0 Å². The molecule has 122 valence electrons. The van der Waals surface area contributed by atoms with Crippen molar-refractivity contribution in [1.82, 2.24) is 25.5 Å². The Labute approximate surface area is 137 Å². The van der Waals surface area contributed by atoms with E-state index in [1.807, 2.05) is 0 Å². The number of rotatable bonds is 5. The monoisotopic (exact) mass is 326 g/mol. The number of carbonyl (C=O) groups is 1. The summed E-state index contributed by atoms with van der Waals surface area (Å²) in [5, 5.41) is 13.0. The average molecular weight is 326 g/mol. The summed E-state index contributed by atoms with van der Waals surface area (Å²) in [6, 6.07) is 6.62. The van der Waals surface area contributed by atoms with Gasteiger partial charge in [-0.2, -0.15) is 0 Å². The first-order valence-electron chi connectivity index (χ1n) is 7.02. The van der Waals surface area contributed by atoms with Crippen LogP contribution in [0.1, 0.15) is 5.89 Å². The number of ether oxygens (including phenoxy) is 1. The molecule has 0 aliphatic heterocycles. The first kappa shape index (κ1) is 15.4. The van der Waals surface area contributed by atoms with Crippen molar-refractivity contribution >= 4 is 11.7 Å². The van der Waals surface area contributed by atoms with Gasteiger partial charge in [-0.25, -0.2) is 9.78 Å². The number of urea groups is 1. The van der Waals surface area contributed by atoms with Gasteiger partial charge in [0.25, 0.3) is 5.89 Å². The van der Waals surface area contributed by atoms with E-state index in [-0.39, 0.29) is 18.3 Å². The molecule has 3 rings (SSSR count). The molecule has 2 heterocycles. The summed E-state index contributed by atoms with van der Waals surface area (Å²) in [6.07, 6.45) is 4.59. The first-order valence-corrected chi connectivity index (χ1v) is 7.02. The molecule has 3 aromatic rings. The summed E-state index contributed by atoms with van der Waals surface area (Å²) >= 11 is 0. The van der Waals surface area contributed by atoms with E-state index in [0.717, 1.165) is 0 Å². The predicted molar refractivity (Wildman–Crippen MR) is 84.2 cm³/mol. The van der Waals surface area contributed by atoms with Gasteiger partial charge in [0.1, 0.15) is 11.4 Å². The van der Waals surface area contributed by atoms with Crippen LogP contribution in [0.3, 0.4) is 0 Å². The lowest BCUT2D eigenvalue weighted by atomic mass is 10.3. The third-order valence-electron chi connectivity index (χ3n) is 2.98. The van der Waals surface area contributed by atoms with E-state index in [1.54, 1.807) is 37.6 Å². The molecule has 0 bridgehead atoms. The smallest absolute Gasteiger partial charge is 0.319 e. The minimum Gasteiger partial charge on any atom is -0.497 e. The van der Waals surface area contributed by atoms with Gasteiger partial charge >= 0.3 is 6.03 Å². The number of hydrogen-bond acceptors (Lipinski definition) is 7. The molecule has 2 N–H and O–H groups in total. The van der Waals surface area contributed by atoms with Crippen molar-refractivity contribution in [2.45, 2.75) is 6.54 Å². The standard InChI is InChI=1S/C15H14N6O3/c1-23-11-4-2-3-10(7-11)19-15(22)18-9-13-20-21-14(24-13)12-8-16-5-6-17-12/h2-8H,9H2,1H3,(H2,18,19,22). The van der Waals surface area contributed by atoms with Gasteiger partial charge < -0.3 is 19.8 Å². The molecule has 0 saturated carbocycles.